The monoisotopic (exact) mass is 210 g/mol. The molecule has 1 aromatic rings. The highest BCUT2D eigenvalue weighted by Gasteiger charge is 2.09. The lowest BCUT2D eigenvalue weighted by Gasteiger charge is -2.17. The third kappa shape index (κ3) is 4.56. The zero-order valence-electron chi connectivity index (χ0n) is 9.08. The van der Waals surface area contributed by atoms with E-state index >= 15 is 0 Å². The van der Waals surface area contributed by atoms with Crippen LogP contribution in [0.2, 0.25) is 0 Å². The molecule has 0 spiro atoms. The highest BCUT2D eigenvalue weighted by atomic mass is 32.2. The summed E-state index contributed by atoms with van der Waals surface area (Å²) in [7, 11) is 0. The highest BCUT2D eigenvalue weighted by molar-refractivity contribution is 7.99. The van der Waals surface area contributed by atoms with E-state index in [9.17, 15) is 0 Å². The summed E-state index contributed by atoms with van der Waals surface area (Å²) in [6.45, 7) is 6.76. The molecule has 0 heterocycles. The van der Waals surface area contributed by atoms with Gasteiger partial charge in [0.15, 0.2) is 0 Å². The zero-order chi connectivity index (χ0) is 10.6. The lowest BCUT2D eigenvalue weighted by atomic mass is 9.94. The number of hydrogen-bond acceptors (Lipinski definition) is 2. The highest BCUT2D eigenvalue weighted by Crippen LogP contribution is 2.26. The Labute approximate surface area is 90.5 Å². The molecule has 0 aliphatic carbocycles. The number of phenolic OH excluding ortho intramolecular Hbond substituents is 1. The summed E-state index contributed by atoms with van der Waals surface area (Å²) >= 11 is 1.84. The van der Waals surface area contributed by atoms with Crippen molar-refractivity contribution in [2.24, 2.45) is 5.41 Å². The maximum atomic E-state index is 9.10. The van der Waals surface area contributed by atoms with E-state index in [1.165, 1.54) is 11.3 Å². The average Bonchev–Trinajstić information content (AvgIpc) is 2.06. The van der Waals surface area contributed by atoms with Crippen molar-refractivity contribution in [2.75, 3.05) is 5.75 Å². The van der Waals surface area contributed by atoms with Crippen LogP contribution in [-0.4, -0.2) is 10.9 Å². The van der Waals surface area contributed by atoms with Crippen LogP contribution in [0.5, 0.6) is 5.75 Å². The van der Waals surface area contributed by atoms with Gasteiger partial charge in [-0.05, 0) is 41.9 Å². The first kappa shape index (κ1) is 11.4. The molecular formula is C12H18OS. The Bertz CT molecular complexity index is 271. The fraction of sp³-hybridized carbons (Fsp3) is 0.500. The van der Waals surface area contributed by atoms with Gasteiger partial charge in [-0.2, -0.15) is 0 Å². The quantitative estimate of drug-likeness (QED) is 0.763. The van der Waals surface area contributed by atoms with Crippen LogP contribution in [0.4, 0.5) is 0 Å². The maximum absolute atomic E-state index is 9.10. The van der Waals surface area contributed by atoms with Gasteiger partial charge in [0.05, 0.1) is 0 Å². The summed E-state index contributed by atoms with van der Waals surface area (Å²) in [5.41, 5.74) is 0.407. The molecule has 1 nitrogen and oxygen atoms in total. The second kappa shape index (κ2) is 4.74. The lowest BCUT2D eigenvalue weighted by molar-refractivity contribution is 0.401. The van der Waals surface area contributed by atoms with Gasteiger partial charge in [-0.25, -0.2) is 0 Å². The van der Waals surface area contributed by atoms with Crippen LogP contribution in [0, 0.1) is 5.41 Å². The number of aromatic hydroxyl groups is 1. The number of rotatable bonds is 3. The largest absolute Gasteiger partial charge is 0.508 e. The van der Waals surface area contributed by atoms with Crippen LogP contribution >= 0.6 is 11.8 Å². The summed E-state index contributed by atoms with van der Waals surface area (Å²) in [4.78, 5) is 1.23. The third-order valence-corrected chi connectivity index (χ3v) is 2.97. The molecule has 0 saturated heterocycles. The molecule has 0 fully saturated rings. The molecule has 0 aliphatic heterocycles. The summed E-state index contributed by atoms with van der Waals surface area (Å²) in [6.07, 6.45) is 1.21. The van der Waals surface area contributed by atoms with E-state index in [1.807, 2.05) is 23.9 Å². The maximum Gasteiger partial charge on any atom is 0.115 e. The minimum Gasteiger partial charge on any atom is -0.508 e. The Morgan fingerprint density at radius 3 is 2.21 bits per heavy atom. The standard InChI is InChI=1S/C12H18OS/c1-12(2,3)8-9-14-11-6-4-10(13)5-7-11/h4-7,13H,8-9H2,1-3H3. The van der Waals surface area contributed by atoms with E-state index in [4.69, 9.17) is 5.11 Å². The van der Waals surface area contributed by atoms with Gasteiger partial charge < -0.3 is 5.11 Å². The van der Waals surface area contributed by atoms with Crippen molar-refractivity contribution >= 4 is 11.8 Å². The summed E-state index contributed by atoms with van der Waals surface area (Å²) in [5, 5.41) is 9.10. The normalized spacial score (nSPS) is 11.6. The Hall–Kier alpha value is -0.630. The fourth-order valence-corrected chi connectivity index (χ4v) is 2.30. The van der Waals surface area contributed by atoms with Crippen LogP contribution < -0.4 is 0 Å². The first-order valence-electron chi connectivity index (χ1n) is 4.89. The van der Waals surface area contributed by atoms with Gasteiger partial charge in [0.1, 0.15) is 5.75 Å². The van der Waals surface area contributed by atoms with Crippen molar-refractivity contribution in [2.45, 2.75) is 32.1 Å². The minimum absolute atomic E-state index is 0.338. The lowest BCUT2D eigenvalue weighted by Crippen LogP contribution is -2.05. The predicted octanol–water partition coefficient (Wildman–Crippen LogP) is 3.92. The molecule has 1 N–H and O–H groups in total. The van der Waals surface area contributed by atoms with Crippen molar-refractivity contribution in [1.29, 1.82) is 0 Å². The molecule has 78 valence electrons. The second-order valence-electron chi connectivity index (χ2n) is 4.65. The third-order valence-electron chi connectivity index (χ3n) is 1.96. The molecule has 0 amide bonds. The number of phenols is 1. The van der Waals surface area contributed by atoms with Gasteiger partial charge >= 0.3 is 0 Å². The first-order chi connectivity index (χ1) is 6.47. The Balaban J connectivity index is 2.35. The van der Waals surface area contributed by atoms with Crippen molar-refractivity contribution < 1.29 is 5.11 Å². The molecule has 0 radical (unpaired) electrons. The smallest absolute Gasteiger partial charge is 0.115 e. The van der Waals surface area contributed by atoms with E-state index in [1.54, 1.807) is 12.1 Å². The van der Waals surface area contributed by atoms with Crippen molar-refractivity contribution in [1.82, 2.24) is 0 Å². The second-order valence-corrected chi connectivity index (χ2v) is 5.82. The molecule has 0 aromatic heterocycles. The Morgan fingerprint density at radius 2 is 1.71 bits per heavy atom. The van der Waals surface area contributed by atoms with E-state index in [0.29, 0.717) is 11.2 Å². The average molecular weight is 210 g/mol. The minimum atomic E-state index is 0.338. The van der Waals surface area contributed by atoms with Crippen molar-refractivity contribution in [3.8, 4) is 5.75 Å². The van der Waals surface area contributed by atoms with E-state index in [2.05, 4.69) is 20.8 Å². The van der Waals surface area contributed by atoms with Crippen LogP contribution in [0.1, 0.15) is 27.2 Å². The topological polar surface area (TPSA) is 20.2 Å². The van der Waals surface area contributed by atoms with E-state index < -0.39 is 0 Å². The molecule has 0 aliphatic rings. The van der Waals surface area contributed by atoms with Crippen LogP contribution in [0.3, 0.4) is 0 Å². The fourth-order valence-electron chi connectivity index (χ4n) is 1.02. The SMILES string of the molecule is CC(C)(C)CCSc1ccc(O)cc1. The van der Waals surface area contributed by atoms with Gasteiger partial charge in [-0.1, -0.05) is 20.8 Å². The Morgan fingerprint density at radius 1 is 1.14 bits per heavy atom. The molecule has 14 heavy (non-hydrogen) atoms. The Kier molecular flexibility index (Phi) is 3.87. The molecule has 0 bridgehead atoms. The van der Waals surface area contributed by atoms with Crippen LogP contribution in [0.25, 0.3) is 0 Å². The van der Waals surface area contributed by atoms with Crippen LogP contribution in [-0.2, 0) is 0 Å². The summed E-state index contributed by atoms with van der Waals surface area (Å²) < 4.78 is 0. The molecule has 1 aromatic carbocycles. The van der Waals surface area contributed by atoms with E-state index in [-0.39, 0.29) is 0 Å². The van der Waals surface area contributed by atoms with Crippen molar-refractivity contribution in [3.63, 3.8) is 0 Å². The van der Waals surface area contributed by atoms with Gasteiger partial charge in [0, 0.05) is 4.90 Å². The summed E-state index contributed by atoms with van der Waals surface area (Å²) in [5.74, 6) is 1.47. The molecule has 0 unspecified atom stereocenters. The number of hydrogen-bond donors (Lipinski definition) is 1. The number of thioether (sulfide) groups is 1. The molecule has 0 saturated carbocycles. The summed E-state index contributed by atoms with van der Waals surface area (Å²) in [6, 6.07) is 7.39. The molecular weight excluding hydrogens is 192 g/mol. The van der Waals surface area contributed by atoms with Gasteiger partial charge in [0.25, 0.3) is 0 Å². The number of benzene rings is 1. The molecule has 2 heteroatoms. The molecule has 1 rings (SSSR count). The van der Waals surface area contributed by atoms with Gasteiger partial charge in [-0.3, -0.25) is 0 Å². The van der Waals surface area contributed by atoms with Gasteiger partial charge in [-0.15, -0.1) is 11.8 Å². The first-order valence-corrected chi connectivity index (χ1v) is 5.88. The van der Waals surface area contributed by atoms with Crippen LogP contribution in [0.15, 0.2) is 29.2 Å². The predicted molar refractivity (Wildman–Crippen MR) is 62.9 cm³/mol. The molecule has 0 atom stereocenters. The van der Waals surface area contributed by atoms with E-state index in [0.717, 1.165) is 5.75 Å². The van der Waals surface area contributed by atoms with Gasteiger partial charge in [0.2, 0.25) is 0 Å². The van der Waals surface area contributed by atoms with Crippen molar-refractivity contribution in [3.05, 3.63) is 24.3 Å². The zero-order valence-corrected chi connectivity index (χ0v) is 9.90.